The number of aliphatic hydroxyl groups is 1. The molecule has 1 aliphatic carbocycles. The first-order valence-corrected chi connectivity index (χ1v) is 7.82. The molecule has 1 aromatic carbocycles. The van der Waals surface area contributed by atoms with Gasteiger partial charge in [0.2, 0.25) is 0 Å². The van der Waals surface area contributed by atoms with Crippen LogP contribution in [0.2, 0.25) is 0 Å². The quantitative estimate of drug-likeness (QED) is 0.787. The van der Waals surface area contributed by atoms with Gasteiger partial charge in [0.1, 0.15) is 5.75 Å². The third-order valence-corrected chi connectivity index (χ3v) is 3.89. The Kier molecular flexibility index (Phi) is 5.03. The van der Waals surface area contributed by atoms with E-state index in [9.17, 15) is 5.11 Å². The number of benzene rings is 1. The summed E-state index contributed by atoms with van der Waals surface area (Å²) >= 11 is 0. The van der Waals surface area contributed by atoms with Crippen molar-refractivity contribution < 1.29 is 9.84 Å². The SMILES string of the molecule is OC(CNCc1ccccc1OCC1CC1)c1ccncc1. The van der Waals surface area contributed by atoms with Crippen molar-refractivity contribution >= 4 is 0 Å². The van der Waals surface area contributed by atoms with E-state index in [0.29, 0.717) is 13.1 Å². The van der Waals surface area contributed by atoms with Gasteiger partial charge in [0.05, 0.1) is 12.7 Å². The zero-order chi connectivity index (χ0) is 15.2. The molecule has 1 fully saturated rings. The molecule has 1 heterocycles. The molecule has 0 spiro atoms. The van der Waals surface area contributed by atoms with Crippen LogP contribution in [0.3, 0.4) is 0 Å². The summed E-state index contributed by atoms with van der Waals surface area (Å²) in [5.74, 6) is 1.69. The predicted octanol–water partition coefficient (Wildman–Crippen LogP) is 2.69. The molecule has 2 N–H and O–H groups in total. The van der Waals surface area contributed by atoms with Gasteiger partial charge in [-0.25, -0.2) is 0 Å². The van der Waals surface area contributed by atoms with Gasteiger partial charge in [-0.05, 0) is 42.5 Å². The van der Waals surface area contributed by atoms with Crippen molar-refractivity contribution in [1.29, 1.82) is 0 Å². The lowest BCUT2D eigenvalue weighted by Crippen LogP contribution is -2.21. The van der Waals surface area contributed by atoms with Crippen LogP contribution < -0.4 is 10.1 Å². The number of hydrogen-bond donors (Lipinski definition) is 2. The second kappa shape index (κ2) is 7.38. The van der Waals surface area contributed by atoms with E-state index in [-0.39, 0.29) is 0 Å². The first kappa shape index (κ1) is 15.0. The van der Waals surface area contributed by atoms with Crippen LogP contribution in [0.15, 0.2) is 48.8 Å². The van der Waals surface area contributed by atoms with E-state index >= 15 is 0 Å². The summed E-state index contributed by atoms with van der Waals surface area (Å²) in [5, 5.41) is 13.4. The Morgan fingerprint density at radius 2 is 1.95 bits per heavy atom. The smallest absolute Gasteiger partial charge is 0.123 e. The van der Waals surface area contributed by atoms with Gasteiger partial charge in [0.25, 0.3) is 0 Å². The Labute approximate surface area is 131 Å². The van der Waals surface area contributed by atoms with E-state index < -0.39 is 6.10 Å². The molecule has 0 saturated heterocycles. The molecular weight excluding hydrogens is 276 g/mol. The molecule has 1 aromatic heterocycles. The second-order valence-electron chi connectivity index (χ2n) is 5.79. The van der Waals surface area contributed by atoms with E-state index in [2.05, 4.69) is 16.4 Å². The van der Waals surface area contributed by atoms with E-state index in [4.69, 9.17) is 4.74 Å². The highest BCUT2D eigenvalue weighted by Gasteiger charge is 2.22. The van der Waals surface area contributed by atoms with Crippen LogP contribution >= 0.6 is 0 Å². The van der Waals surface area contributed by atoms with Crippen molar-refractivity contribution in [2.75, 3.05) is 13.2 Å². The molecule has 0 bridgehead atoms. The number of para-hydroxylation sites is 1. The molecular formula is C18H22N2O2. The van der Waals surface area contributed by atoms with Crippen molar-refractivity contribution in [2.24, 2.45) is 5.92 Å². The zero-order valence-electron chi connectivity index (χ0n) is 12.6. The summed E-state index contributed by atoms with van der Waals surface area (Å²) in [6.07, 6.45) is 5.44. The van der Waals surface area contributed by atoms with Crippen LogP contribution in [-0.2, 0) is 6.54 Å². The van der Waals surface area contributed by atoms with Gasteiger partial charge in [0.15, 0.2) is 0 Å². The second-order valence-corrected chi connectivity index (χ2v) is 5.79. The van der Waals surface area contributed by atoms with Crippen LogP contribution in [-0.4, -0.2) is 23.2 Å². The van der Waals surface area contributed by atoms with Crippen molar-refractivity contribution in [3.05, 3.63) is 59.9 Å². The third kappa shape index (κ3) is 4.29. The maximum absolute atomic E-state index is 10.1. The molecule has 2 aromatic rings. The van der Waals surface area contributed by atoms with Gasteiger partial charge >= 0.3 is 0 Å². The number of nitrogens with zero attached hydrogens (tertiary/aromatic N) is 1. The Hall–Kier alpha value is -1.91. The van der Waals surface area contributed by atoms with Crippen LogP contribution in [0.4, 0.5) is 0 Å². The van der Waals surface area contributed by atoms with Crippen LogP contribution in [0.5, 0.6) is 5.75 Å². The molecule has 1 saturated carbocycles. The lowest BCUT2D eigenvalue weighted by molar-refractivity contribution is 0.174. The van der Waals surface area contributed by atoms with Gasteiger partial charge in [-0.3, -0.25) is 4.98 Å². The number of rotatable bonds is 8. The number of aliphatic hydroxyl groups excluding tert-OH is 1. The van der Waals surface area contributed by atoms with Crippen LogP contribution in [0.25, 0.3) is 0 Å². The number of aromatic nitrogens is 1. The zero-order valence-corrected chi connectivity index (χ0v) is 12.6. The van der Waals surface area contributed by atoms with Gasteiger partial charge in [-0.15, -0.1) is 0 Å². The summed E-state index contributed by atoms with van der Waals surface area (Å²) in [7, 11) is 0. The van der Waals surface area contributed by atoms with Gasteiger partial charge in [-0.1, -0.05) is 18.2 Å². The lowest BCUT2D eigenvalue weighted by Gasteiger charge is -2.14. The fourth-order valence-corrected chi connectivity index (χ4v) is 2.33. The highest BCUT2D eigenvalue weighted by molar-refractivity contribution is 5.33. The summed E-state index contributed by atoms with van der Waals surface area (Å²) in [6, 6.07) is 11.8. The van der Waals surface area contributed by atoms with E-state index in [1.54, 1.807) is 12.4 Å². The fraction of sp³-hybridized carbons (Fsp3) is 0.389. The minimum absolute atomic E-state index is 0.501. The Balaban J connectivity index is 1.50. The molecule has 1 atom stereocenters. The summed E-state index contributed by atoms with van der Waals surface area (Å²) in [4.78, 5) is 3.96. The molecule has 0 amide bonds. The molecule has 1 unspecified atom stereocenters. The number of hydrogen-bond acceptors (Lipinski definition) is 4. The van der Waals surface area contributed by atoms with Crippen molar-refractivity contribution in [3.8, 4) is 5.75 Å². The standard InChI is InChI=1S/C18H22N2O2/c21-17(15-7-9-19-10-8-15)12-20-11-16-3-1-2-4-18(16)22-13-14-5-6-14/h1-4,7-10,14,17,20-21H,5-6,11-13H2. The normalized spacial score (nSPS) is 15.5. The number of nitrogens with one attached hydrogen (secondary N) is 1. The molecule has 1 aliphatic rings. The summed E-state index contributed by atoms with van der Waals surface area (Å²) < 4.78 is 5.89. The largest absolute Gasteiger partial charge is 0.493 e. The van der Waals surface area contributed by atoms with Gasteiger partial charge in [-0.2, -0.15) is 0 Å². The van der Waals surface area contributed by atoms with Crippen molar-refractivity contribution in [2.45, 2.75) is 25.5 Å². The van der Waals surface area contributed by atoms with Crippen molar-refractivity contribution in [1.82, 2.24) is 10.3 Å². The predicted molar refractivity (Wildman–Crippen MR) is 85.6 cm³/mol. The highest BCUT2D eigenvalue weighted by atomic mass is 16.5. The molecule has 116 valence electrons. The summed E-state index contributed by atoms with van der Waals surface area (Å²) in [6.45, 7) is 2.00. The number of ether oxygens (including phenoxy) is 1. The maximum atomic E-state index is 10.1. The van der Waals surface area contributed by atoms with Gasteiger partial charge in [0, 0.05) is 31.0 Å². The van der Waals surface area contributed by atoms with Crippen LogP contribution in [0.1, 0.15) is 30.1 Å². The average Bonchev–Trinajstić information content (AvgIpc) is 3.39. The lowest BCUT2D eigenvalue weighted by atomic mass is 10.1. The minimum atomic E-state index is -0.525. The molecule has 3 rings (SSSR count). The molecule has 4 nitrogen and oxygen atoms in total. The monoisotopic (exact) mass is 298 g/mol. The molecule has 4 heteroatoms. The van der Waals surface area contributed by atoms with E-state index in [1.807, 2.05) is 30.3 Å². The topological polar surface area (TPSA) is 54.4 Å². The minimum Gasteiger partial charge on any atom is -0.493 e. The Morgan fingerprint density at radius 1 is 1.18 bits per heavy atom. The molecule has 0 aliphatic heterocycles. The molecule has 22 heavy (non-hydrogen) atoms. The summed E-state index contributed by atoms with van der Waals surface area (Å²) in [5.41, 5.74) is 2.01. The highest BCUT2D eigenvalue weighted by Crippen LogP contribution is 2.30. The number of pyridine rings is 1. The molecule has 0 radical (unpaired) electrons. The van der Waals surface area contributed by atoms with E-state index in [1.165, 1.54) is 12.8 Å². The van der Waals surface area contributed by atoms with Crippen LogP contribution in [0, 0.1) is 5.92 Å². The third-order valence-electron chi connectivity index (χ3n) is 3.89. The first-order chi connectivity index (χ1) is 10.8. The van der Waals surface area contributed by atoms with E-state index in [0.717, 1.165) is 29.4 Å². The van der Waals surface area contributed by atoms with Crippen molar-refractivity contribution in [3.63, 3.8) is 0 Å². The van der Waals surface area contributed by atoms with Gasteiger partial charge < -0.3 is 15.2 Å². The fourth-order valence-electron chi connectivity index (χ4n) is 2.33. The Morgan fingerprint density at radius 3 is 2.73 bits per heavy atom. The Bertz CT molecular complexity index is 585. The first-order valence-electron chi connectivity index (χ1n) is 7.82. The maximum Gasteiger partial charge on any atom is 0.123 e. The average molecular weight is 298 g/mol.